The van der Waals surface area contributed by atoms with E-state index in [9.17, 15) is 5.11 Å². The van der Waals surface area contributed by atoms with Crippen LogP contribution < -0.4 is 0 Å². The Morgan fingerprint density at radius 2 is 2.40 bits per heavy atom. The molecule has 0 radical (unpaired) electrons. The van der Waals surface area contributed by atoms with Crippen molar-refractivity contribution in [1.29, 1.82) is 0 Å². The molecule has 1 unspecified atom stereocenters. The summed E-state index contributed by atoms with van der Waals surface area (Å²) >= 11 is 0. The Morgan fingerprint density at radius 3 is 3.20 bits per heavy atom. The summed E-state index contributed by atoms with van der Waals surface area (Å²) in [5.74, 6) is 0.832. The third-order valence-electron chi connectivity index (χ3n) is 2.34. The van der Waals surface area contributed by atoms with E-state index < -0.39 is 5.60 Å². The van der Waals surface area contributed by atoms with Crippen molar-refractivity contribution in [3.05, 3.63) is 11.8 Å². The zero-order chi connectivity index (χ0) is 7.03. The Kier molecular flexibility index (Phi) is 1.24. The van der Waals surface area contributed by atoms with Gasteiger partial charge in [-0.1, -0.05) is 0 Å². The topological polar surface area (TPSA) is 29.5 Å². The van der Waals surface area contributed by atoms with Gasteiger partial charge in [0, 0.05) is 0 Å². The molecule has 0 aromatic heterocycles. The molecule has 1 N–H and O–H groups in total. The van der Waals surface area contributed by atoms with E-state index in [4.69, 9.17) is 4.74 Å². The molecule has 0 aromatic carbocycles. The number of ether oxygens (including phenoxy) is 1. The van der Waals surface area contributed by atoms with E-state index in [-0.39, 0.29) is 0 Å². The lowest BCUT2D eigenvalue weighted by atomic mass is 9.94. The van der Waals surface area contributed by atoms with E-state index in [1.54, 1.807) is 0 Å². The molecule has 0 aromatic rings. The van der Waals surface area contributed by atoms with Gasteiger partial charge >= 0.3 is 0 Å². The van der Waals surface area contributed by atoms with E-state index in [0.29, 0.717) is 0 Å². The molecule has 2 heteroatoms. The summed E-state index contributed by atoms with van der Waals surface area (Å²) in [6, 6.07) is 0. The first kappa shape index (κ1) is 6.23. The van der Waals surface area contributed by atoms with Crippen molar-refractivity contribution < 1.29 is 9.84 Å². The lowest BCUT2D eigenvalue weighted by Crippen LogP contribution is -2.33. The molecule has 1 heterocycles. The molecule has 1 aliphatic carbocycles. The Balaban J connectivity index is 2.22. The second-order valence-electron chi connectivity index (χ2n) is 3.09. The molecule has 1 atom stereocenters. The summed E-state index contributed by atoms with van der Waals surface area (Å²) in [6.07, 6.45) is 5.74. The molecule has 56 valence electrons. The van der Waals surface area contributed by atoms with Crippen molar-refractivity contribution in [2.24, 2.45) is 0 Å². The summed E-state index contributed by atoms with van der Waals surface area (Å²) in [4.78, 5) is 0. The molecule has 0 bridgehead atoms. The zero-order valence-electron chi connectivity index (χ0n) is 5.97. The fourth-order valence-electron chi connectivity index (χ4n) is 1.74. The van der Waals surface area contributed by atoms with Crippen molar-refractivity contribution in [3.8, 4) is 0 Å². The summed E-state index contributed by atoms with van der Waals surface area (Å²) < 4.78 is 5.32. The maximum absolute atomic E-state index is 9.82. The molecule has 2 nitrogen and oxygen atoms in total. The lowest BCUT2D eigenvalue weighted by molar-refractivity contribution is -0.0253. The van der Waals surface area contributed by atoms with Crippen molar-refractivity contribution in [2.75, 3.05) is 6.61 Å². The van der Waals surface area contributed by atoms with Gasteiger partial charge in [0.05, 0.1) is 6.61 Å². The van der Waals surface area contributed by atoms with Gasteiger partial charge in [-0.25, -0.2) is 0 Å². The van der Waals surface area contributed by atoms with Crippen molar-refractivity contribution in [1.82, 2.24) is 0 Å². The smallest absolute Gasteiger partial charge is 0.124 e. The highest BCUT2D eigenvalue weighted by molar-refractivity contribution is 5.17. The van der Waals surface area contributed by atoms with Crippen LogP contribution in [0.4, 0.5) is 0 Å². The molecule has 1 saturated heterocycles. The second kappa shape index (κ2) is 1.99. The van der Waals surface area contributed by atoms with Crippen LogP contribution in [0.25, 0.3) is 0 Å². The summed E-state index contributed by atoms with van der Waals surface area (Å²) in [5.41, 5.74) is -0.571. The first-order valence-corrected chi connectivity index (χ1v) is 3.87. The average Bonchev–Trinajstić information content (AvgIpc) is 2.29. The van der Waals surface area contributed by atoms with Gasteiger partial charge < -0.3 is 9.84 Å². The highest BCUT2D eigenvalue weighted by atomic mass is 16.5. The monoisotopic (exact) mass is 140 g/mol. The number of hydrogen-bond acceptors (Lipinski definition) is 2. The molecular weight excluding hydrogens is 128 g/mol. The Bertz CT molecular complexity index is 174. The van der Waals surface area contributed by atoms with Crippen LogP contribution in [0.15, 0.2) is 11.8 Å². The predicted molar refractivity (Wildman–Crippen MR) is 37.5 cm³/mol. The summed E-state index contributed by atoms with van der Waals surface area (Å²) in [6.45, 7) is 0.786. The van der Waals surface area contributed by atoms with Gasteiger partial charge in [-0.05, 0) is 31.8 Å². The van der Waals surface area contributed by atoms with Crippen molar-refractivity contribution in [2.45, 2.75) is 31.3 Å². The highest BCUT2D eigenvalue weighted by Gasteiger charge is 2.38. The number of rotatable bonds is 0. The molecule has 2 aliphatic rings. The Morgan fingerprint density at radius 1 is 1.50 bits per heavy atom. The van der Waals surface area contributed by atoms with Gasteiger partial charge in [-0.15, -0.1) is 0 Å². The number of aliphatic hydroxyl groups is 1. The van der Waals surface area contributed by atoms with E-state index in [1.807, 2.05) is 6.08 Å². The molecular formula is C8H12O2. The molecule has 2 rings (SSSR count). The van der Waals surface area contributed by atoms with Gasteiger partial charge in [-0.3, -0.25) is 0 Å². The van der Waals surface area contributed by atoms with Gasteiger partial charge in [0.1, 0.15) is 11.4 Å². The standard InChI is InChI=1S/C8H12O2/c9-8-4-1-3-7(8)10-6-2-5-8/h3,9H,1-2,4-6H2. The number of hydrogen-bond donors (Lipinski definition) is 1. The van der Waals surface area contributed by atoms with Crippen LogP contribution in [0.1, 0.15) is 25.7 Å². The predicted octanol–water partition coefficient (Wildman–Crippen LogP) is 1.21. The normalized spacial score (nSPS) is 38.3. The minimum absolute atomic E-state index is 0.571. The Hall–Kier alpha value is -0.500. The van der Waals surface area contributed by atoms with E-state index in [2.05, 4.69) is 0 Å². The largest absolute Gasteiger partial charge is 0.495 e. The quantitative estimate of drug-likeness (QED) is 0.548. The van der Waals surface area contributed by atoms with Crippen molar-refractivity contribution >= 4 is 0 Å². The zero-order valence-corrected chi connectivity index (χ0v) is 5.97. The summed E-state index contributed by atoms with van der Waals surface area (Å²) in [7, 11) is 0. The maximum atomic E-state index is 9.82. The molecule has 0 spiro atoms. The van der Waals surface area contributed by atoms with Crippen LogP contribution in [0, 0.1) is 0 Å². The third-order valence-corrected chi connectivity index (χ3v) is 2.34. The van der Waals surface area contributed by atoms with E-state index >= 15 is 0 Å². The van der Waals surface area contributed by atoms with Crippen LogP contribution in [0.2, 0.25) is 0 Å². The average molecular weight is 140 g/mol. The molecule has 10 heavy (non-hydrogen) atoms. The summed E-state index contributed by atoms with van der Waals surface area (Å²) in [5, 5.41) is 9.82. The SMILES string of the molecule is OC12CCC=C1OCCC2. The van der Waals surface area contributed by atoms with Crippen LogP contribution in [0.3, 0.4) is 0 Å². The first-order chi connectivity index (χ1) is 4.81. The molecule has 0 saturated carbocycles. The second-order valence-corrected chi connectivity index (χ2v) is 3.09. The number of fused-ring (bicyclic) bond motifs is 1. The molecule has 0 amide bonds. The van der Waals surface area contributed by atoms with E-state index in [0.717, 1.165) is 38.0 Å². The molecule has 1 fully saturated rings. The van der Waals surface area contributed by atoms with Gasteiger partial charge in [0.2, 0.25) is 0 Å². The van der Waals surface area contributed by atoms with Gasteiger partial charge in [-0.2, -0.15) is 0 Å². The van der Waals surface area contributed by atoms with E-state index in [1.165, 1.54) is 0 Å². The third kappa shape index (κ3) is 0.754. The van der Waals surface area contributed by atoms with Gasteiger partial charge in [0.25, 0.3) is 0 Å². The highest BCUT2D eigenvalue weighted by Crippen LogP contribution is 2.37. The molecule has 1 aliphatic heterocycles. The maximum Gasteiger partial charge on any atom is 0.124 e. The fraction of sp³-hybridized carbons (Fsp3) is 0.750. The van der Waals surface area contributed by atoms with Crippen LogP contribution in [-0.4, -0.2) is 17.3 Å². The minimum Gasteiger partial charge on any atom is -0.495 e. The van der Waals surface area contributed by atoms with Crippen LogP contribution in [0.5, 0.6) is 0 Å². The minimum atomic E-state index is -0.571. The number of allylic oxidation sites excluding steroid dienone is 1. The lowest BCUT2D eigenvalue weighted by Gasteiger charge is -2.30. The first-order valence-electron chi connectivity index (χ1n) is 3.87. The Labute approximate surface area is 60.5 Å². The van der Waals surface area contributed by atoms with Crippen LogP contribution in [-0.2, 0) is 4.74 Å². The van der Waals surface area contributed by atoms with Gasteiger partial charge in [0.15, 0.2) is 0 Å². The van der Waals surface area contributed by atoms with Crippen LogP contribution >= 0.6 is 0 Å². The van der Waals surface area contributed by atoms with Crippen molar-refractivity contribution in [3.63, 3.8) is 0 Å². The fourth-order valence-corrected chi connectivity index (χ4v) is 1.74.